The van der Waals surface area contributed by atoms with Gasteiger partial charge in [0, 0.05) is 39.1 Å². The summed E-state index contributed by atoms with van der Waals surface area (Å²) in [6.45, 7) is 7.12. The average molecular weight is 441 g/mol. The lowest BCUT2D eigenvalue weighted by molar-refractivity contribution is 0.189. The number of hydrogen-bond donors (Lipinski definition) is 1. The Morgan fingerprint density at radius 1 is 1.00 bits per heavy atom. The number of benzene rings is 2. The Morgan fingerprint density at radius 3 is 2.35 bits per heavy atom. The number of rotatable bonds is 6. The topological polar surface area (TPSA) is 86.4 Å². The van der Waals surface area contributed by atoms with Crippen LogP contribution in [0.25, 0.3) is 10.9 Å². The number of H-pyrrole nitrogens is 1. The average Bonchev–Trinajstić information content (AvgIpc) is 2.78. The number of piperazine rings is 1. The number of sulfonamides is 1. The van der Waals surface area contributed by atoms with Crippen LogP contribution in [0.2, 0.25) is 0 Å². The maximum absolute atomic E-state index is 13.0. The van der Waals surface area contributed by atoms with Crippen LogP contribution in [0.4, 0.5) is 0 Å². The van der Waals surface area contributed by atoms with Crippen molar-refractivity contribution >= 4 is 20.9 Å². The first-order valence-corrected chi connectivity index (χ1v) is 12.1. The molecule has 31 heavy (non-hydrogen) atoms. The summed E-state index contributed by atoms with van der Waals surface area (Å²) in [5.74, 6) is 1.02. The Bertz CT molecular complexity index is 1210. The lowest BCUT2D eigenvalue weighted by atomic mass is 10.0. The van der Waals surface area contributed by atoms with Gasteiger partial charge in [-0.3, -0.25) is 4.79 Å². The van der Waals surface area contributed by atoms with Crippen LogP contribution in [-0.2, 0) is 16.4 Å². The second-order valence-electron chi connectivity index (χ2n) is 8.25. The summed E-state index contributed by atoms with van der Waals surface area (Å²) in [6.07, 6.45) is 0.615. The number of fused-ring (bicyclic) bond motifs is 1. The van der Waals surface area contributed by atoms with E-state index in [2.05, 4.69) is 28.7 Å². The van der Waals surface area contributed by atoms with E-state index in [1.807, 2.05) is 30.3 Å². The zero-order valence-corrected chi connectivity index (χ0v) is 18.7. The van der Waals surface area contributed by atoms with Crippen LogP contribution in [-0.4, -0.2) is 60.3 Å². The van der Waals surface area contributed by atoms with Crippen molar-refractivity contribution in [2.75, 3.05) is 32.7 Å². The van der Waals surface area contributed by atoms with Crippen molar-refractivity contribution < 1.29 is 8.42 Å². The number of nitrogens with zero attached hydrogens (tertiary/aromatic N) is 3. The maximum atomic E-state index is 13.0. The third kappa shape index (κ3) is 4.71. The van der Waals surface area contributed by atoms with Crippen molar-refractivity contribution in [2.24, 2.45) is 0 Å². The van der Waals surface area contributed by atoms with Gasteiger partial charge in [0.1, 0.15) is 5.82 Å². The predicted octanol–water partition coefficient (Wildman–Crippen LogP) is 2.60. The first-order valence-electron chi connectivity index (χ1n) is 10.6. The molecule has 7 nitrogen and oxygen atoms in total. The van der Waals surface area contributed by atoms with Crippen LogP contribution < -0.4 is 5.56 Å². The normalized spacial score (nSPS) is 16.2. The fourth-order valence-corrected chi connectivity index (χ4v) is 5.31. The quantitative estimate of drug-likeness (QED) is 0.637. The summed E-state index contributed by atoms with van der Waals surface area (Å²) in [6, 6.07) is 14.5. The molecule has 1 aliphatic heterocycles. The standard InChI is InChI=1S/C23H28N4O3S/c1-17(2)18-7-9-19(10-8-18)31(29,30)27-15-13-26(14-16-27)12-11-22-24-21-6-4-3-5-20(21)23(28)25-22/h3-10,17H,11-16H2,1-2H3,(H,24,25,28). The molecule has 1 N–H and O–H groups in total. The molecule has 0 saturated carbocycles. The van der Waals surface area contributed by atoms with Gasteiger partial charge in [-0.05, 0) is 35.7 Å². The second-order valence-corrected chi connectivity index (χ2v) is 10.2. The van der Waals surface area contributed by atoms with Crippen LogP contribution in [0, 0.1) is 0 Å². The molecule has 3 aromatic rings. The molecule has 1 saturated heterocycles. The second kappa shape index (κ2) is 8.90. The van der Waals surface area contributed by atoms with Gasteiger partial charge in [-0.25, -0.2) is 13.4 Å². The minimum atomic E-state index is -3.48. The van der Waals surface area contributed by atoms with Gasteiger partial charge in [-0.15, -0.1) is 0 Å². The van der Waals surface area contributed by atoms with E-state index in [1.54, 1.807) is 22.5 Å². The zero-order valence-electron chi connectivity index (χ0n) is 17.9. The van der Waals surface area contributed by atoms with Crippen LogP contribution in [0.15, 0.2) is 58.2 Å². The molecule has 2 aromatic carbocycles. The largest absolute Gasteiger partial charge is 0.310 e. The molecule has 1 aromatic heterocycles. The number of aromatic nitrogens is 2. The monoisotopic (exact) mass is 440 g/mol. The highest BCUT2D eigenvalue weighted by Crippen LogP contribution is 2.21. The molecule has 0 spiro atoms. The molecular formula is C23H28N4O3S. The predicted molar refractivity (Wildman–Crippen MR) is 122 cm³/mol. The molecule has 1 aliphatic rings. The first-order chi connectivity index (χ1) is 14.8. The maximum Gasteiger partial charge on any atom is 0.258 e. The molecule has 0 atom stereocenters. The van der Waals surface area contributed by atoms with E-state index in [4.69, 9.17) is 0 Å². The fourth-order valence-electron chi connectivity index (χ4n) is 3.88. The van der Waals surface area contributed by atoms with Crippen LogP contribution in [0.3, 0.4) is 0 Å². The number of aromatic amines is 1. The minimum absolute atomic E-state index is 0.125. The van der Waals surface area contributed by atoms with E-state index in [1.165, 1.54) is 0 Å². The fraction of sp³-hybridized carbons (Fsp3) is 0.391. The van der Waals surface area contributed by atoms with Gasteiger partial charge in [0.25, 0.3) is 5.56 Å². The summed E-state index contributed by atoms with van der Waals surface area (Å²) in [5, 5.41) is 0.589. The van der Waals surface area contributed by atoms with Crippen molar-refractivity contribution in [3.63, 3.8) is 0 Å². The Morgan fingerprint density at radius 2 is 1.68 bits per heavy atom. The Hall–Kier alpha value is -2.55. The van der Waals surface area contributed by atoms with Gasteiger partial charge >= 0.3 is 0 Å². The molecule has 164 valence electrons. The molecule has 8 heteroatoms. The third-order valence-corrected chi connectivity index (χ3v) is 7.76. The lowest BCUT2D eigenvalue weighted by Gasteiger charge is -2.33. The van der Waals surface area contributed by atoms with E-state index in [-0.39, 0.29) is 5.56 Å². The Balaban J connectivity index is 1.36. The summed E-state index contributed by atoms with van der Waals surface area (Å²) >= 11 is 0. The van der Waals surface area contributed by atoms with E-state index >= 15 is 0 Å². The van der Waals surface area contributed by atoms with Crippen molar-refractivity contribution in [1.29, 1.82) is 0 Å². The van der Waals surface area contributed by atoms with Crippen molar-refractivity contribution in [3.8, 4) is 0 Å². The molecule has 4 rings (SSSR count). The van der Waals surface area contributed by atoms with Crippen molar-refractivity contribution in [1.82, 2.24) is 19.2 Å². The van der Waals surface area contributed by atoms with Gasteiger partial charge in [0.15, 0.2) is 0 Å². The molecule has 1 fully saturated rings. The van der Waals surface area contributed by atoms with Crippen LogP contribution in [0.5, 0.6) is 0 Å². The SMILES string of the molecule is CC(C)c1ccc(S(=O)(=O)N2CCN(CCc3nc4ccccc4c(=O)[nH]3)CC2)cc1. The molecule has 0 bridgehead atoms. The van der Waals surface area contributed by atoms with Gasteiger partial charge in [0.05, 0.1) is 15.8 Å². The van der Waals surface area contributed by atoms with Gasteiger partial charge in [-0.1, -0.05) is 38.1 Å². The van der Waals surface area contributed by atoms with E-state index in [0.717, 1.165) is 12.1 Å². The zero-order chi connectivity index (χ0) is 22.0. The Labute approximate surface area is 182 Å². The summed E-state index contributed by atoms with van der Waals surface area (Å²) < 4.78 is 27.5. The first kappa shape index (κ1) is 21.7. The van der Waals surface area contributed by atoms with Crippen molar-refractivity contribution in [2.45, 2.75) is 31.1 Å². The van der Waals surface area contributed by atoms with E-state index in [9.17, 15) is 13.2 Å². The summed E-state index contributed by atoms with van der Waals surface area (Å²) in [7, 11) is -3.48. The highest BCUT2D eigenvalue weighted by atomic mass is 32.2. The molecule has 2 heterocycles. The molecule has 0 radical (unpaired) electrons. The van der Waals surface area contributed by atoms with Gasteiger partial charge in [0.2, 0.25) is 10.0 Å². The molecular weight excluding hydrogens is 412 g/mol. The minimum Gasteiger partial charge on any atom is -0.310 e. The van der Waals surface area contributed by atoms with E-state index in [0.29, 0.717) is 60.1 Å². The van der Waals surface area contributed by atoms with Crippen LogP contribution in [0.1, 0.15) is 31.2 Å². The third-order valence-electron chi connectivity index (χ3n) is 5.84. The number of para-hydroxylation sites is 1. The number of hydrogen-bond acceptors (Lipinski definition) is 5. The summed E-state index contributed by atoms with van der Waals surface area (Å²) in [5.41, 5.74) is 1.70. The summed E-state index contributed by atoms with van der Waals surface area (Å²) in [4.78, 5) is 22.2. The number of nitrogens with one attached hydrogen (secondary N) is 1. The van der Waals surface area contributed by atoms with Gasteiger partial charge in [-0.2, -0.15) is 4.31 Å². The van der Waals surface area contributed by atoms with Crippen molar-refractivity contribution in [3.05, 3.63) is 70.3 Å². The molecule has 0 amide bonds. The van der Waals surface area contributed by atoms with E-state index < -0.39 is 10.0 Å². The Kier molecular flexibility index (Phi) is 6.22. The lowest BCUT2D eigenvalue weighted by Crippen LogP contribution is -2.49. The molecule has 0 aliphatic carbocycles. The van der Waals surface area contributed by atoms with Gasteiger partial charge < -0.3 is 9.88 Å². The van der Waals surface area contributed by atoms with Crippen LogP contribution >= 0.6 is 0 Å². The highest BCUT2D eigenvalue weighted by Gasteiger charge is 2.28. The highest BCUT2D eigenvalue weighted by molar-refractivity contribution is 7.89. The molecule has 0 unspecified atom stereocenters. The smallest absolute Gasteiger partial charge is 0.258 e.